The SMILES string of the molecule is Cc1cccc2c(=O)n(CCCOc3cccc(N)c3)ccc12. The van der Waals surface area contributed by atoms with Crippen LogP contribution in [0.5, 0.6) is 5.75 Å². The summed E-state index contributed by atoms with van der Waals surface area (Å²) in [4.78, 5) is 12.5. The number of ether oxygens (including phenoxy) is 1. The molecular formula is C19H20N2O2. The van der Waals surface area contributed by atoms with E-state index in [0.29, 0.717) is 18.8 Å². The second-order valence-corrected chi connectivity index (χ2v) is 5.62. The van der Waals surface area contributed by atoms with Gasteiger partial charge in [0, 0.05) is 29.9 Å². The molecule has 1 heterocycles. The van der Waals surface area contributed by atoms with Gasteiger partial charge in [-0.3, -0.25) is 4.79 Å². The first-order valence-electron chi connectivity index (χ1n) is 7.72. The Balaban J connectivity index is 1.66. The summed E-state index contributed by atoms with van der Waals surface area (Å²) in [6.07, 6.45) is 2.62. The topological polar surface area (TPSA) is 57.2 Å². The van der Waals surface area contributed by atoms with Gasteiger partial charge in [0.25, 0.3) is 5.56 Å². The van der Waals surface area contributed by atoms with E-state index >= 15 is 0 Å². The first-order valence-corrected chi connectivity index (χ1v) is 7.72. The van der Waals surface area contributed by atoms with Gasteiger partial charge in [0.2, 0.25) is 0 Å². The van der Waals surface area contributed by atoms with Crippen LogP contribution in [0.3, 0.4) is 0 Å². The van der Waals surface area contributed by atoms with Crippen molar-refractivity contribution in [1.82, 2.24) is 4.57 Å². The number of benzene rings is 2. The maximum Gasteiger partial charge on any atom is 0.258 e. The third-order valence-corrected chi connectivity index (χ3v) is 3.91. The largest absolute Gasteiger partial charge is 0.493 e. The van der Waals surface area contributed by atoms with Gasteiger partial charge in [0.05, 0.1) is 6.61 Å². The minimum atomic E-state index is 0.0511. The first kappa shape index (κ1) is 15.2. The Kier molecular flexibility index (Phi) is 4.33. The third kappa shape index (κ3) is 3.37. The zero-order valence-corrected chi connectivity index (χ0v) is 13.2. The van der Waals surface area contributed by atoms with Crippen LogP contribution in [0.4, 0.5) is 5.69 Å². The van der Waals surface area contributed by atoms with Gasteiger partial charge < -0.3 is 15.0 Å². The Labute approximate surface area is 135 Å². The van der Waals surface area contributed by atoms with Crippen LogP contribution in [0.2, 0.25) is 0 Å². The highest BCUT2D eigenvalue weighted by Gasteiger charge is 2.04. The molecule has 118 valence electrons. The van der Waals surface area contributed by atoms with E-state index in [9.17, 15) is 4.79 Å². The number of nitrogen functional groups attached to an aromatic ring is 1. The van der Waals surface area contributed by atoms with E-state index < -0.39 is 0 Å². The van der Waals surface area contributed by atoms with Crippen LogP contribution >= 0.6 is 0 Å². The predicted molar refractivity (Wildman–Crippen MR) is 93.9 cm³/mol. The van der Waals surface area contributed by atoms with Crippen LogP contribution < -0.4 is 16.0 Å². The molecule has 0 radical (unpaired) electrons. The Morgan fingerprint density at radius 2 is 1.91 bits per heavy atom. The summed E-state index contributed by atoms with van der Waals surface area (Å²) in [5.74, 6) is 0.756. The van der Waals surface area contributed by atoms with Crippen LogP contribution in [0.1, 0.15) is 12.0 Å². The summed E-state index contributed by atoms with van der Waals surface area (Å²) in [6.45, 7) is 3.19. The lowest BCUT2D eigenvalue weighted by atomic mass is 10.1. The van der Waals surface area contributed by atoms with Gasteiger partial charge in [-0.25, -0.2) is 0 Å². The van der Waals surface area contributed by atoms with E-state index in [2.05, 4.69) is 0 Å². The number of hydrogen-bond acceptors (Lipinski definition) is 3. The van der Waals surface area contributed by atoms with E-state index in [-0.39, 0.29) is 5.56 Å². The summed E-state index contributed by atoms with van der Waals surface area (Å²) < 4.78 is 7.40. The maximum absolute atomic E-state index is 12.5. The molecule has 2 N–H and O–H groups in total. The standard InChI is InChI=1S/C19H20N2O2/c1-14-5-2-8-18-17(14)9-11-21(19(18)22)10-4-12-23-16-7-3-6-15(20)13-16/h2-3,5-9,11,13H,4,10,12,20H2,1H3. The van der Waals surface area contributed by atoms with Crippen molar-refractivity contribution in [3.8, 4) is 5.75 Å². The molecule has 1 aromatic heterocycles. The normalized spacial score (nSPS) is 10.8. The maximum atomic E-state index is 12.5. The third-order valence-electron chi connectivity index (χ3n) is 3.91. The van der Waals surface area contributed by atoms with E-state index in [4.69, 9.17) is 10.5 Å². The average molecular weight is 308 g/mol. The molecule has 0 unspecified atom stereocenters. The highest BCUT2D eigenvalue weighted by Crippen LogP contribution is 2.15. The molecule has 0 amide bonds. The highest BCUT2D eigenvalue weighted by molar-refractivity contribution is 5.84. The minimum absolute atomic E-state index is 0.0511. The molecule has 0 aliphatic rings. The Morgan fingerprint density at radius 3 is 2.74 bits per heavy atom. The number of aryl methyl sites for hydroxylation is 2. The molecule has 4 nitrogen and oxygen atoms in total. The quantitative estimate of drug-likeness (QED) is 0.581. The summed E-state index contributed by atoms with van der Waals surface area (Å²) in [7, 11) is 0. The molecule has 0 fully saturated rings. The van der Waals surface area contributed by atoms with Crippen LogP contribution in [-0.4, -0.2) is 11.2 Å². The van der Waals surface area contributed by atoms with Crippen molar-refractivity contribution in [2.24, 2.45) is 0 Å². The monoisotopic (exact) mass is 308 g/mol. The zero-order chi connectivity index (χ0) is 16.2. The van der Waals surface area contributed by atoms with Crippen molar-refractivity contribution in [3.05, 3.63) is 70.6 Å². The van der Waals surface area contributed by atoms with Gasteiger partial charge in [0.15, 0.2) is 0 Å². The number of pyridine rings is 1. The number of fused-ring (bicyclic) bond motifs is 1. The molecular weight excluding hydrogens is 288 g/mol. The van der Waals surface area contributed by atoms with Gasteiger partial charge >= 0.3 is 0 Å². The Morgan fingerprint density at radius 1 is 1.09 bits per heavy atom. The van der Waals surface area contributed by atoms with Gasteiger partial charge in [-0.1, -0.05) is 18.2 Å². The number of aromatic nitrogens is 1. The molecule has 0 aliphatic heterocycles. The fourth-order valence-electron chi connectivity index (χ4n) is 2.68. The second-order valence-electron chi connectivity index (χ2n) is 5.62. The molecule has 0 spiro atoms. The van der Waals surface area contributed by atoms with Crippen molar-refractivity contribution in [3.63, 3.8) is 0 Å². The fourth-order valence-corrected chi connectivity index (χ4v) is 2.68. The molecule has 0 bridgehead atoms. The number of anilines is 1. The van der Waals surface area contributed by atoms with E-state index in [1.807, 2.05) is 55.6 Å². The zero-order valence-electron chi connectivity index (χ0n) is 13.2. The van der Waals surface area contributed by atoms with Crippen molar-refractivity contribution in [1.29, 1.82) is 0 Å². The van der Waals surface area contributed by atoms with Gasteiger partial charge in [-0.2, -0.15) is 0 Å². The molecule has 3 aromatic rings. The molecule has 23 heavy (non-hydrogen) atoms. The summed E-state index contributed by atoms with van der Waals surface area (Å²) in [5, 5.41) is 1.79. The minimum Gasteiger partial charge on any atom is -0.493 e. The fraction of sp³-hybridized carbons (Fsp3) is 0.211. The number of nitrogens with two attached hydrogens (primary N) is 1. The van der Waals surface area contributed by atoms with Crippen LogP contribution in [0, 0.1) is 6.92 Å². The molecule has 3 rings (SSSR count). The second kappa shape index (κ2) is 6.57. The lowest BCUT2D eigenvalue weighted by molar-refractivity contribution is 0.301. The number of rotatable bonds is 5. The van der Waals surface area contributed by atoms with Crippen molar-refractivity contribution >= 4 is 16.5 Å². The highest BCUT2D eigenvalue weighted by atomic mass is 16.5. The summed E-state index contributed by atoms with van der Waals surface area (Å²) in [6, 6.07) is 15.2. The smallest absolute Gasteiger partial charge is 0.258 e. The predicted octanol–water partition coefficient (Wildman–Crippen LogP) is 3.36. The van der Waals surface area contributed by atoms with Gasteiger partial charge in [0.1, 0.15) is 5.75 Å². The van der Waals surface area contributed by atoms with Crippen LogP contribution in [0.15, 0.2) is 59.5 Å². The molecule has 0 aliphatic carbocycles. The summed E-state index contributed by atoms with van der Waals surface area (Å²) in [5.41, 5.74) is 7.57. The van der Waals surface area contributed by atoms with Gasteiger partial charge in [-0.15, -0.1) is 0 Å². The van der Waals surface area contributed by atoms with Crippen molar-refractivity contribution < 1.29 is 4.74 Å². The summed E-state index contributed by atoms with van der Waals surface area (Å²) >= 11 is 0. The Bertz CT molecular complexity index is 884. The average Bonchev–Trinajstić information content (AvgIpc) is 2.54. The lowest BCUT2D eigenvalue weighted by Gasteiger charge is -2.10. The number of nitrogens with zero attached hydrogens (tertiary/aromatic N) is 1. The van der Waals surface area contributed by atoms with E-state index in [1.54, 1.807) is 10.6 Å². The molecule has 0 saturated carbocycles. The molecule has 2 aromatic carbocycles. The van der Waals surface area contributed by atoms with Crippen molar-refractivity contribution in [2.45, 2.75) is 19.9 Å². The van der Waals surface area contributed by atoms with Crippen LogP contribution in [0.25, 0.3) is 10.8 Å². The van der Waals surface area contributed by atoms with Gasteiger partial charge in [-0.05, 0) is 48.6 Å². The Hall–Kier alpha value is -2.75. The molecule has 0 saturated heterocycles. The first-order chi connectivity index (χ1) is 11.1. The van der Waals surface area contributed by atoms with E-state index in [0.717, 1.165) is 28.5 Å². The molecule has 0 atom stereocenters. The molecule has 4 heteroatoms. The van der Waals surface area contributed by atoms with E-state index in [1.165, 1.54) is 0 Å². The van der Waals surface area contributed by atoms with Crippen LogP contribution in [-0.2, 0) is 6.54 Å². The lowest BCUT2D eigenvalue weighted by Crippen LogP contribution is -2.20. The number of hydrogen-bond donors (Lipinski definition) is 1. The van der Waals surface area contributed by atoms with Crippen molar-refractivity contribution in [2.75, 3.05) is 12.3 Å².